The zero-order chi connectivity index (χ0) is 13.5. The monoisotopic (exact) mass is 317 g/mol. The summed E-state index contributed by atoms with van der Waals surface area (Å²) in [6.45, 7) is 3.11. The normalized spacial score (nSPS) is 10.4. The Morgan fingerprint density at radius 1 is 1.50 bits per heavy atom. The van der Waals surface area contributed by atoms with E-state index in [4.69, 9.17) is 4.74 Å². The van der Waals surface area contributed by atoms with Crippen molar-refractivity contribution in [3.63, 3.8) is 0 Å². The molecule has 18 heavy (non-hydrogen) atoms. The molecule has 3 nitrogen and oxygen atoms in total. The molecule has 0 aliphatic carbocycles. The van der Waals surface area contributed by atoms with Crippen molar-refractivity contribution < 1.29 is 13.9 Å². The first-order valence-corrected chi connectivity index (χ1v) is 6.65. The molecule has 0 saturated carbocycles. The number of anilines is 1. The molecule has 0 bridgehead atoms. The van der Waals surface area contributed by atoms with Gasteiger partial charge in [-0.15, -0.1) is 0 Å². The van der Waals surface area contributed by atoms with Crippen LogP contribution in [0.25, 0.3) is 0 Å². The van der Waals surface area contributed by atoms with Crippen molar-refractivity contribution in [1.29, 1.82) is 0 Å². The van der Waals surface area contributed by atoms with E-state index in [1.54, 1.807) is 19.2 Å². The molecule has 0 aromatic heterocycles. The average molecular weight is 318 g/mol. The number of nitrogens with zero attached hydrogens (tertiary/aromatic N) is 1. The fourth-order valence-electron chi connectivity index (χ4n) is 1.53. The molecule has 1 aromatic rings. The first-order valence-electron chi connectivity index (χ1n) is 5.85. The Kier molecular flexibility index (Phi) is 6.29. The van der Waals surface area contributed by atoms with E-state index in [9.17, 15) is 9.18 Å². The highest BCUT2D eigenvalue weighted by molar-refractivity contribution is 9.10. The Morgan fingerprint density at radius 3 is 2.83 bits per heavy atom. The van der Waals surface area contributed by atoms with Crippen molar-refractivity contribution in [2.75, 3.05) is 25.2 Å². The molecule has 0 spiro atoms. The highest BCUT2D eigenvalue weighted by Gasteiger charge is 2.14. The predicted octanol–water partition coefficient (Wildman–Crippen LogP) is 3.37. The summed E-state index contributed by atoms with van der Waals surface area (Å²) in [5.41, 5.74) is 0.291. The van der Waals surface area contributed by atoms with Gasteiger partial charge < -0.3 is 9.64 Å². The molecule has 5 heteroatoms. The largest absolute Gasteiger partial charge is 0.382 e. The maximum absolute atomic E-state index is 13.7. The van der Waals surface area contributed by atoms with Gasteiger partial charge in [0, 0.05) is 31.2 Å². The van der Waals surface area contributed by atoms with Crippen LogP contribution in [0.2, 0.25) is 0 Å². The minimum absolute atomic E-state index is 0.115. The van der Waals surface area contributed by atoms with Crippen LogP contribution in [0.4, 0.5) is 10.1 Å². The van der Waals surface area contributed by atoms with E-state index in [0.29, 0.717) is 36.2 Å². The molecule has 1 rings (SSSR count). The topological polar surface area (TPSA) is 29.5 Å². The van der Waals surface area contributed by atoms with Crippen LogP contribution < -0.4 is 4.90 Å². The van der Waals surface area contributed by atoms with E-state index in [1.807, 2.05) is 6.92 Å². The number of rotatable bonds is 6. The van der Waals surface area contributed by atoms with E-state index >= 15 is 0 Å². The molecule has 0 radical (unpaired) electrons. The molecule has 1 aromatic carbocycles. The summed E-state index contributed by atoms with van der Waals surface area (Å²) in [4.78, 5) is 13.2. The van der Waals surface area contributed by atoms with Crippen LogP contribution in [0.5, 0.6) is 0 Å². The van der Waals surface area contributed by atoms with Crippen LogP contribution in [-0.4, -0.2) is 26.2 Å². The Morgan fingerprint density at radius 2 is 2.22 bits per heavy atom. The fourth-order valence-corrected chi connectivity index (χ4v) is 1.86. The van der Waals surface area contributed by atoms with Crippen LogP contribution in [-0.2, 0) is 9.53 Å². The fraction of sp³-hybridized carbons (Fsp3) is 0.462. The van der Waals surface area contributed by atoms with Crippen LogP contribution >= 0.6 is 15.9 Å². The van der Waals surface area contributed by atoms with Gasteiger partial charge in [0.15, 0.2) is 0 Å². The summed E-state index contributed by atoms with van der Waals surface area (Å²) >= 11 is 3.18. The SMILES string of the molecule is CCOCCCC(=O)N(C)c1ccc(Br)cc1F. The standard InChI is InChI=1S/C13H17BrFNO2/c1-3-18-8-4-5-13(17)16(2)12-7-6-10(14)9-11(12)15/h6-7,9H,3-5,8H2,1-2H3. The van der Waals surface area contributed by atoms with E-state index < -0.39 is 5.82 Å². The Hall–Kier alpha value is -0.940. The summed E-state index contributed by atoms with van der Waals surface area (Å²) in [5, 5.41) is 0. The molecule has 0 fully saturated rings. The Balaban J connectivity index is 2.57. The lowest BCUT2D eigenvalue weighted by atomic mass is 10.2. The van der Waals surface area contributed by atoms with Gasteiger partial charge in [-0.25, -0.2) is 4.39 Å². The second-order valence-corrected chi connectivity index (χ2v) is 4.76. The van der Waals surface area contributed by atoms with Gasteiger partial charge in [-0.1, -0.05) is 15.9 Å². The van der Waals surface area contributed by atoms with Crippen LogP contribution in [0.1, 0.15) is 19.8 Å². The van der Waals surface area contributed by atoms with Gasteiger partial charge in [0.2, 0.25) is 5.91 Å². The molecule has 100 valence electrons. The summed E-state index contributed by atoms with van der Waals surface area (Å²) in [6.07, 6.45) is 1.00. The molecular weight excluding hydrogens is 301 g/mol. The number of amides is 1. The molecule has 0 aliphatic rings. The van der Waals surface area contributed by atoms with Crippen molar-refractivity contribution in [3.8, 4) is 0 Å². The van der Waals surface area contributed by atoms with E-state index in [1.165, 1.54) is 11.0 Å². The van der Waals surface area contributed by atoms with Gasteiger partial charge in [0.25, 0.3) is 0 Å². The van der Waals surface area contributed by atoms with Crippen molar-refractivity contribution in [3.05, 3.63) is 28.5 Å². The molecule has 1 amide bonds. The van der Waals surface area contributed by atoms with Gasteiger partial charge in [-0.05, 0) is 31.5 Å². The van der Waals surface area contributed by atoms with E-state index in [0.717, 1.165) is 0 Å². The minimum Gasteiger partial charge on any atom is -0.382 e. The van der Waals surface area contributed by atoms with Crippen molar-refractivity contribution >= 4 is 27.5 Å². The molecule has 0 N–H and O–H groups in total. The van der Waals surface area contributed by atoms with Gasteiger partial charge in [0.1, 0.15) is 5.82 Å². The van der Waals surface area contributed by atoms with Crippen molar-refractivity contribution in [2.24, 2.45) is 0 Å². The zero-order valence-electron chi connectivity index (χ0n) is 10.6. The third kappa shape index (κ3) is 4.38. The Bertz CT molecular complexity index is 412. The molecular formula is C13H17BrFNO2. The van der Waals surface area contributed by atoms with Gasteiger partial charge in [-0.3, -0.25) is 4.79 Å². The number of carbonyl (C=O) groups is 1. The highest BCUT2D eigenvalue weighted by Crippen LogP contribution is 2.22. The summed E-state index contributed by atoms with van der Waals surface area (Å²) in [6, 6.07) is 4.64. The molecule has 0 aliphatic heterocycles. The first-order chi connectivity index (χ1) is 8.56. The maximum atomic E-state index is 13.7. The van der Waals surface area contributed by atoms with Gasteiger partial charge >= 0.3 is 0 Å². The first kappa shape index (κ1) is 15.1. The second-order valence-electron chi connectivity index (χ2n) is 3.85. The number of halogens is 2. The number of carbonyl (C=O) groups excluding carboxylic acids is 1. The maximum Gasteiger partial charge on any atom is 0.226 e. The van der Waals surface area contributed by atoms with E-state index in [2.05, 4.69) is 15.9 Å². The lowest BCUT2D eigenvalue weighted by Crippen LogP contribution is -2.27. The average Bonchev–Trinajstić information content (AvgIpc) is 2.33. The number of hydrogen-bond donors (Lipinski definition) is 0. The van der Waals surface area contributed by atoms with Crippen molar-refractivity contribution in [1.82, 2.24) is 0 Å². The lowest BCUT2D eigenvalue weighted by Gasteiger charge is -2.18. The van der Waals surface area contributed by atoms with Crippen LogP contribution in [0.3, 0.4) is 0 Å². The van der Waals surface area contributed by atoms with Gasteiger partial charge in [0.05, 0.1) is 5.69 Å². The number of ether oxygens (including phenoxy) is 1. The molecule has 0 unspecified atom stereocenters. The molecule has 0 saturated heterocycles. The third-order valence-electron chi connectivity index (χ3n) is 2.53. The molecule has 0 heterocycles. The summed E-state index contributed by atoms with van der Waals surface area (Å²) in [7, 11) is 1.58. The van der Waals surface area contributed by atoms with Gasteiger partial charge in [-0.2, -0.15) is 0 Å². The second kappa shape index (κ2) is 7.48. The smallest absolute Gasteiger partial charge is 0.226 e. The van der Waals surface area contributed by atoms with Crippen LogP contribution in [0.15, 0.2) is 22.7 Å². The number of hydrogen-bond acceptors (Lipinski definition) is 2. The zero-order valence-corrected chi connectivity index (χ0v) is 12.2. The van der Waals surface area contributed by atoms with E-state index in [-0.39, 0.29) is 5.91 Å². The number of benzene rings is 1. The predicted molar refractivity (Wildman–Crippen MR) is 73.2 cm³/mol. The summed E-state index contributed by atoms with van der Waals surface area (Å²) < 4.78 is 19.5. The van der Waals surface area contributed by atoms with Crippen molar-refractivity contribution in [2.45, 2.75) is 19.8 Å². The lowest BCUT2D eigenvalue weighted by molar-refractivity contribution is -0.118. The van der Waals surface area contributed by atoms with Crippen LogP contribution in [0, 0.1) is 5.82 Å². The molecule has 0 atom stereocenters. The Labute approximate surface area is 115 Å². The minimum atomic E-state index is -0.412. The highest BCUT2D eigenvalue weighted by atomic mass is 79.9. The third-order valence-corrected chi connectivity index (χ3v) is 3.02. The summed E-state index contributed by atoms with van der Waals surface area (Å²) in [5.74, 6) is -0.527. The quantitative estimate of drug-likeness (QED) is 0.753.